The van der Waals surface area contributed by atoms with Gasteiger partial charge in [-0.1, -0.05) is 11.6 Å². The number of aryl methyl sites for hydroxylation is 2. The summed E-state index contributed by atoms with van der Waals surface area (Å²) < 4.78 is 0. The van der Waals surface area contributed by atoms with Gasteiger partial charge in [0.15, 0.2) is 0 Å². The summed E-state index contributed by atoms with van der Waals surface area (Å²) in [6, 6.07) is 5.16. The molecule has 4 N–H and O–H groups in total. The smallest absolute Gasteiger partial charge is 0.268 e. The van der Waals surface area contributed by atoms with E-state index in [0.717, 1.165) is 24.1 Å². The van der Waals surface area contributed by atoms with Gasteiger partial charge in [-0.15, -0.1) is 0 Å². The molecule has 0 aliphatic carbocycles. The quantitative estimate of drug-likeness (QED) is 0.712. The Morgan fingerprint density at radius 2 is 1.96 bits per heavy atom. The Morgan fingerprint density at radius 3 is 2.54 bits per heavy atom. The summed E-state index contributed by atoms with van der Waals surface area (Å²) in [6.07, 6.45) is 1.56. The zero-order valence-corrected chi connectivity index (χ0v) is 15.6. The fraction of sp³-hybridized carbons (Fsp3) is 0.389. The summed E-state index contributed by atoms with van der Waals surface area (Å²) in [5.74, 6) is 0.0205. The molecule has 0 atom stereocenters. The number of carbonyl (C=O) groups excluding carboxylic acids is 2. The number of hydrogen-bond donors (Lipinski definition) is 3. The lowest BCUT2D eigenvalue weighted by molar-refractivity contribution is 0.0925. The second-order valence-electron chi connectivity index (χ2n) is 6.65. The van der Waals surface area contributed by atoms with Crippen LogP contribution in [0.4, 0.5) is 5.82 Å². The third-order valence-corrected chi connectivity index (χ3v) is 4.79. The number of nitrogens with two attached hydrogens (primary N) is 1. The summed E-state index contributed by atoms with van der Waals surface area (Å²) in [5.41, 5.74) is 8.21. The molecule has 2 aromatic heterocycles. The molecule has 26 heavy (non-hydrogen) atoms. The van der Waals surface area contributed by atoms with Gasteiger partial charge in [0.25, 0.3) is 5.91 Å². The molecule has 8 heteroatoms. The summed E-state index contributed by atoms with van der Waals surface area (Å²) in [4.78, 5) is 33.2. The molecule has 3 heterocycles. The molecule has 2 aromatic rings. The lowest BCUT2D eigenvalue weighted by Crippen LogP contribution is -2.45. The number of H-pyrrole nitrogens is 1. The van der Waals surface area contributed by atoms with Crippen LogP contribution in [0.3, 0.4) is 0 Å². The number of nitrogens with zero attached hydrogens (tertiary/aromatic N) is 2. The molecule has 0 bridgehead atoms. The van der Waals surface area contributed by atoms with Crippen LogP contribution in [-0.4, -0.2) is 40.9 Å². The molecular formula is C18H22ClN5O2. The average molecular weight is 376 g/mol. The first-order chi connectivity index (χ1) is 12.3. The summed E-state index contributed by atoms with van der Waals surface area (Å²) >= 11 is 5.99. The van der Waals surface area contributed by atoms with Crippen LogP contribution < -0.4 is 16.0 Å². The van der Waals surface area contributed by atoms with Crippen LogP contribution in [-0.2, 0) is 0 Å². The molecule has 2 amide bonds. The Morgan fingerprint density at radius 1 is 1.27 bits per heavy atom. The number of amides is 2. The van der Waals surface area contributed by atoms with E-state index in [9.17, 15) is 9.59 Å². The maximum atomic E-state index is 12.4. The maximum absolute atomic E-state index is 12.4. The van der Waals surface area contributed by atoms with Gasteiger partial charge in [0.2, 0.25) is 5.91 Å². The molecule has 0 radical (unpaired) electrons. The Bertz CT molecular complexity index is 840. The fourth-order valence-electron chi connectivity index (χ4n) is 3.26. The largest absolute Gasteiger partial charge is 0.366 e. The number of anilines is 1. The first-order valence-electron chi connectivity index (χ1n) is 8.53. The van der Waals surface area contributed by atoms with Crippen molar-refractivity contribution in [3.8, 4) is 0 Å². The zero-order valence-electron chi connectivity index (χ0n) is 14.8. The van der Waals surface area contributed by atoms with Gasteiger partial charge in [-0.05, 0) is 50.5 Å². The molecule has 0 aromatic carbocycles. The SMILES string of the molecule is Cc1cc(C)c(C(=O)NC2CCN(c3cc(C(N)=O)cc(Cl)n3)CC2)[nH]1. The average Bonchev–Trinajstić information content (AvgIpc) is 2.93. The van der Waals surface area contributed by atoms with Crippen molar-refractivity contribution in [3.05, 3.63) is 45.9 Å². The van der Waals surface area contributed by atoms with E-state index in [2.05, 4.69) is 15.3 Å². The maximum Gasteiger partial charge on any atom is 0.268 e. The van der Waals surface area contributed by atoms with Gasteiger partial charge in [-0.3, -0.25) is 9.59 Å². The lowest BCUT2D eigenvalue weighted by atomic mass is 10.0. The first-order valence-corrected chi connectivity index (χ1v) is 8.90. The minimum atomic E-state index is -0.533. The van der Waals surface area contributed by atoms with Gasteiger partial charge in [-0.25, -0.2) is 4.98 Å². The molecule has 1 aliphatic rings. The third-order valence-electron chi connectivity index (χ3n) is 4.60. The van der Waals surface area contributed by atoms with Crippen LogP contribution in [0.1, 0.15) is 44.9 Å². The highest BCUT2D eigenvalue weighted by Crippen LogP contribution is 2.22. The van der Waals surface area contributed by atoms with E-state index < -0.39 is 5.91 Å². The number of carbonyl (C=O) groups is 2. The Hall–Kier alpha value is -2.54. The Labute approximate surface area is 156 Å². The summed E-state index contributed by atoms with van der Waals surface area (Å²) in [7, 11) is 0. The van der Waals surface area contributed by atoms with Gasteiger partial charge >= 0.3 is 0 Å². The third kappa shape index (κ3) is 3.99. The van der Waals surface area contributed by atoms with Crippen molar-refractivity contribution in [1.29, 1.82) is 0 Å². The standard InChI is InChI=1S/C18H22ClN5O2/c1-10-7-11(2)21-16(10)18(26)22-13-3-5-24(6-4-13)15-9-12(17(20)25)8-14(19)23-15/h7-9,13,21H,3-6H2,1-2H3,(H2,20,25)(H,22,26). The molecule has 138 valence electrons. The molecular weight excluding hydrogens is 354 g/mol. The number of pyridine rings is 1. The minimum absolute atomic E-state index is 0.0778. The van der Waals surface area contributed by atoms with E-state index in [0.29, 0.717) is 30.2 Å². The Balaban J connectivity index is 1.62. The zero-order chi connectivity index (χ0) is 18.8. The second kappa shape index (κ2) is 7.37. The number of rotatable bonds is 4. The van der Waals surface area contributed by atoms with Crippen LogP contribution in [0.15, 0.2) is 18.2 Å². The van der Waals surface area contributed by atoms with Gasteiger partial charge in [0.1, 0.15) is 16.7 Å². The highest BCUT2D eigenvalue weighted by Gasteiger charge is 2.23. The molecule has 1 saturated heterocycles. The summed E-state index contributed by atoms with van der Waals surface area (Å²) in [6.45, 7) is 5.27. The van der Waals surface area contributed by atoms with Crippen molar-refractivity contribution in [2.24, 2.45) is 5.73 Å². The number of aromatic amines is 1. The second-order valence-corrected chi connectivity index (χ2v) is 7.03. The van der Waals surface area contributed by atoms with Crippen molar-refractivity contribution in [3.63, 3.8) is 0 Å². The summed E-state index contributed by atoms with van der Waals surface area (Å²) in [5, 5.41) is 3.32. The lowest BCUT2D eigenvalue weighted by Gasteiger charge is -2.33. The topological polar surface area (TPSA) is 104 Å². The number of piperidine rings is 1. The molecule has 1 fully saturated rings. The highest BCUT2D eigenvalue weighted by molar-refractivity contribution is 6.29. The molecule has 0 unspecified atom stereocenters. The first kappa shape index (κ1) is 18.3. The molecule has 3 rings (SSSR count). The van der Waals surface area contributed by atoms with E-state index in [4.69, 9.17) is 17.3 Å². The van der Waals surface area contributed by atoms with Crippen LogP contribution >= 0.6 is 11.6 Å². The van der Waals surface area contributed by atoms with Gasteiger partial charge in [0.05, 0.1) is 0 Å². The molecule has 0 saturated carbocycles. The highest BCUT2D eigenvalue weighted by atomic mass is 35.5. The van der Waals surface area contributed by atoms with Crippen molar-refractivity contribution < 1.29 is 9.59 Å². The minimum Gasteiger partial charge on any atom is -0.366 e. The molecule has 7 nitrogen and oxygen atoms in total. The van der Waals surface area contributed by atoms with E-state index in [1.54, 1.807) is 6.07 Å². The number of primary amides is 1. The van der Waals surface area contributed by atoms with Crippen LogP contribution in [0.5, 0.6) is 0 Å². The predicted octanol–water partition coefficient (Wildman–Crippen LogP) is 2.18. The van der Waals surface area contributed by atoms with Crippen molar-refractivity contribution in [2.45, 2.75) is 32.7 Å². The van der Waals surface area contributed by atoms with E-state index >= 15 is 0 Å². The van der Waals surface area contributed by atoms with E-state index in [-0.39, 0.29) is 17.1 Å². The predicted molar refractivity (Wildman–Crippen MR) is 101 cm³/mol. The van der Waals surface area contributed by atoms with Gasteiger partial charge in [-0.2, -0.15) is 0 Å². The number of aromatic nitrogens is 2. The van der Waals surface area contributed by atoms with Crippen molar-refractivity contribution in [1.82, 2.24) is 15.3 Å². The van der Waals surface area contributed by atoms with Crippen molar-refractivity contribution in [2.75, 3.05) is 18.0 Å². The van der Waals surface area contributed by atoms with E-state index in [1.165, 1.54) is 6.07 Å². The van der Waals surface area contributed by atoms with Gasteiger partial charge in [0, 0.05) is 30.4 Å². The fourth-order valence-corrected chi connectivity index (χ4v) is 3.47. The monoisotopic (exact) mass is 375 g/mol. The van der Waals surface area contributed by atoms with Gasteiger partial charge < -0.3 is 20.9 Å². The number of halogens is 1. The van der Waals surface area contributed by atoms with E-state index in [1.807, 2.05) is 24.8 Å². The number of nitrogens with one attached hydrogen (secondary N) is 2. The van der Waals surface area contributed by atoms with Crippen LogP contribution in [0.2, 0.25) is 5.15 Å². The van der Waals surface area contributed by atoms with Crippen molar-refractivity contribution >= 4 is 29.2 Å². The molecule has 1 aliphatic heterocycles. The Kier molecular flexibility index (Phi) is 5.18. The van der Waals surface area contributed by atoms with Crippen LogP contribution in [0, 0.1) is 13.8 Å². The normalized spacial score (nSPS) is 15.1. The molecule has 0 spiro atoms. The van der Waals surface area contributed by atoms with Crippen LogP contribution in [0.25, 0.3) is 0 Å². The number of hydrogen-bond acceptors (Lipinski definition) is 4.